The topological polar surface area (TPSA) is 62.0 Å². The van der Waals surface area contributed by atoms with Gasteiger partial charge in [0.25, 0.3) is 11.5 Å². The molecule has 1 heterocycles. The first-order chi connectivity index (χ1) is 10.8. The van der Waals surface area contributed by atoms with Crippen LogP contribution in [0.15, 0.2) is 65.6 Å². The molecular formula is C18H16N2O2. The van der Waals surface area contributed by atoms with Crippen molar-refractivity contribution < 1.29 is 4.79 Å². The van der Waals surface area contributed by atoms with Crippen molar-refractivity contribution in [2.24, 2.45) is 0 Å². The van der Waals surface area contributed by atoms with E-state index in [0.29, 0.717) is 6.54 Å². The molecule has 4 heteroatoms. The zero-order valence-electron chi connectivity index (χ0n) is 12.0. The van der Waals surface area contributed by atoms with Crippen LogP contribution in [0, 0.1) is 0 Å². The van der Waals surface area contributed by atoms with Crippen LogP contribution in [-0.4, -0.2) is 17.4 Å². The lowest BCUT2D eigenvalue weighted by Gasteiger charge is -2.08. The summed E-state index contributed by atoms with van der Waals surface area (Å²) in [5.41, 5.74) is 0.950. The zero-order valence-corrected chi connectivity index (χ0v) is 12.0. The summed E-state index contributed by atoms with van der Waals surface area (Å²) >= 11 is 0. The molecule has 0 saturated carbocycles. The SMILES string of the molecule is O=C(NCCc1cccc2ccccc12)c1ccc[nH]c1=O. The van der Waals surface area contributed by atoms with Crippen LogP contribution in [0.5, 0.6) is 0 Å². The van der Waals surface area contributed by atoms with Gasteiger partial charge in [-0.2, -0.15) is 0 Å². The average Bonchev–Trinajstić information content (AvgIpc) is 2.55. The van der Waals surface area contributed by atoms with Crippen LogP contribution in [-0.2, 0) is 6.42 Å². The normalized spacial score (nSPS) is 10.5. The number of nitrogens with one attached hydrogen (secondary N) is 2. The largest absolute Gasteiger partial charge is 0.352 e. The smallest absolute Gasteiger partial charge is 0.260 e. The predicted molar refractivity (Wildman–Crippen MR) is 87.0 cm³/mol. The van der Waals surface area contributed by atoms with Gasteiger partial charge < -0.3 is 10.3 Å². The number of carbonyl (C=O) groups is 1. The maximum Gasteiger partial charge on any atom is 0.260 e. The number of fused-ring (bicyclic) bond motifs is 1. The average molecular weight is 292 g/mol. The van der Waals surface area contributed by atoms with Crippen LogP contribution in [0.25, 0.3) is 10.8 Å². The standard InChI is InChI=1S/C18H16N2O2/c21-17-16(9-4-11-19-17)18(22)20-12-10-14-7-3-6-13-5-1-2-8-15(13)14/h1-9,11H,10,12H2,(H,19,21)(H,20,22). The summed E-state index contributed by atoms with van der Waals surface area (Å²) in [6.07, 6.45) is 2.23. The van der Waals surface area contributed by atoms with E-state index in [1.54, 1.807) is 6.07 Å². The van der Waals surface area contributed by atoms with Crippen molar-refractivity contribution in [2.75, 3.05) is 6.54 Å². The van der Waals surface area contributed by atoms with Gasteiger partial charge in [-0.25, -0.2) is 0 Å². The molecule has 4 nitrogen and oxygen atoms in total. The summed E-state index contributed by atoms with van der Waals surface area (Å²) in [5, 5.41) is 5.17. The molecule has 0 saturated heterocycles. The molecule has 0 aliphatic rings. The highest BCUT2D eigenvalue weighted by Gasteiger charge is 2.09. The van der Waals surface area contributed by atoms with Crippen LogP contribution in [0.1, 0.15) is 15.9 Å². The second-order valence-corrected chi connectivity index (χ2v) is 5.06. The Bertz CT molecular complexity index is 863. The maximum atomic E-state index is 12.0. The van der Waals surface area contributed by atoms with Gasteiger partial charge in [-0.1, -0.05) is 42.5 Å². The van der Waals surface area contributed by atoms with Crippen molar-refractivity contribution in [2.45, 2.75) is 6.42 Å². The van der Waals surface area contributed by atoms with Gasteiger partial charge in [0.15, 0.2) is 0 Å². The fourth-order valence-corrected chi connectivity index (χ4v) is 2.52. The Morgan fingerprint density at radius 3 is 2.68 bits per heavy atom. The van der Waals surface area contributed by atoms with Gasteiger partial charge >= 0.3 is 0 Å². The molecule has 0 radical (unpaired) electrons. The zero-order chi connectivity index (χ0) is 15.4. The van der Waals surface area contributed by atoms with Gasteiger partial charge in [0.1, 0.15) is 5.56 Å². The summed E-state index contributed by atoms with van der Waals surface area (Å²) in [6.45, 7) is 0.487. The van der Waals surface area contributed by atoms with Crippen LogP contribution in [0.4, 0.5) is 0 Å². The molecule has 0 aliphatic heterocycles. The van der Waals surface area contributed by atoms with Crippen molar-refractivity contribution in [1.29, 1.82) is 0 Å². The second kappa shape index (κ2) is 6.26. The number of benzene rings is 2. The number of H-pyrrole nitrogens is 1. The van der Waals surface area contributed by atoms with Gasteiger partial charge in [-0.05, 0) is 34.9 Å². The van der Waals surface area contributed by atoms with E-state index in [2.05, 4.69) is 34.6 Å². The summed E-state index contributed by atoms with van der Waals surface area (Å²) in [5.74, 6) is -0.345. The minimum Gasteiger partial charge on any atom is -0.352 e. The Kier molecular flexibility index (Phi) is 4.01. The lowest BCUT2D eigenvalue weighted by atomic mass is 10.0. The number of aromatic nitrogens is 1. The molecule has 110 valence electrons. The number of aromatic amines is 1. The van der Waals surface area contributed by atoms with Crippen molar-refractivity contribution in [3.05, 3.63) is 82.3 Å². The molecule has 1 amide bonds. The number of hydrogen-bond acceptors (Lipinski definition) is 2. The number of carbonyl (C=O) groups excluding carboxylic acids is 1. The summed E-state index contributed by atoms with van der Waals surface area (Å²) in [7, 11) is 0. The molecule has 0 atom stereocenters. The lowest BCUT2D eigenvalue weighted by Crippen LogP contribution is -2.30. The summed E-state index contributed by atoms with van der Waals surface area (Å²) < 4.78 is 0. The third-order valence-electron chi connectivity index (χ3n) is 3.62. The minimum atomic E-state index is -0.370. The monoisotopic (exact) mass is 292 g/mol. The van der Waals surface area contributed by atoms with E-state index in [4.69, 9.17) is 0 Å². The summed E-state index contributed by atoms with van der Waals surface area (Å²) in [6, 6.07) is 17.5. The van der Waals surface area contributed by atoms with Crippen molar-refractivity contribution in [1.82, 2.24) is 10.3 Å². The predicted octanol–water partition coefficient (Wildman–Crippen LogP) is 2.50. The van der Waals surface area contributed by atoms with E-state index in [-0.39, 0.29) is 17.0 Å². The Morgan fingerprint density at radius 1 is 1.00 bits per heavy atom. The van der Waals surface area contributed by atoms with Gasteiger partial charge in [0.05, 0.1) is 0 Å². The van der Waals surface area contributed by atoms with E-state index in [1.165, 1.54) is 28.6 Å². The van der Waals surface area contributed by atoms with E-state index >= 15 is 0 Å². The maximum absolute atomic E-state index is 12.0. The highest BCUT2D eigenvalue weighted by atomic mass is 16.2. The number of pyridine rings is 1. The summed E-state index contributed by atoms with van der Waals surface area (Å²) in [4.78, 5) is 26.0. The number of hydrogen-bond donors (Lipinski definition) is 2. The van der Waals surface area contributed by atoms with E-state index in [0.717, 1.165) is 6.42 Å². The fraction of sp³-hybridized carbons (Fsp3) is 0.111. The highest BCUT2D eigenvalue weighted by Crippen LogP contribution is 2.18. The molecule has 1 aromatic heterocycles. The van der Waals surface area contributed by atoms with Gasteiger partial charge in [-0.3, -0.25) is 9.59 Å². The molecule has 2 N–H and O–H groups in total. The van der Waals surface area contributed by atoms with E-state index < -0.39 is 0 Å². The molecule has 0 aliphatic carbocycles. The first kappa shape index (κ1) is 14.1. The van der Waals surface area contributed by atoms with Crippen LogP contribution in [0.2, 0.25) is 0 Å². The Hall–Kier alpha value is -2.88. The number of amides is 1. The van der Waals surface area contributed by atoms with Crippen LogP contribution < -0.4 is 10.9 Å². The third-order valence-corrected chi connectivity index (χ3v) is 3.62. The molecule has 3 aromatic rings. The quantitative estimate of drug-likeness (QED) is 0.776. The highest BCUT2D eigenvalue weighted by molar-refractivity contribution is 5.93. The molecule has 2 aromatic carbocycles. The lowest BCUT2D eigenvalue weighted by molar-refractivity contribution is 0.0952. The second-order valence-electron chi connectivity index (χ2n) is 5.06. The first-order valence-corrected chi connectivity index (χ1v) is 7.18. The molecule has 0 bridgehead atoms. The van der Waals surface area contributed by atoms with Gasteiger partial charge in [-0.15, -0.1) is 0 Å². The Labute approximate surface area is 127 Å². The molecule has 0 fully saturated rings. The van der Waals surface area contributed by atoms with Gasteiger partial charge in [0, 0.05) is 12.7 Å². The van der Waals surface area contributed by atoms with Crippen molar-refractivity contribution in [3.8, 4) is 0 Å². The Morgan fingerprint density at radius 2 is 1.82 bits per heavy atom. The molecule has 22 heavy (non-hydrogen) atoms. The first-order valence-electron chi connectivity index (χ1n) is 7.18. The fourth-order valence-electron chi connectivity index (χ4n) is 2.52. The van der Waals surface area contributed by atoms with E-state index in [1.807, 2.05) is 18.2 Å². The molecular weight excluding hydrogens is 276 g/mol. The van der Waals surface area contributed by atoms with Crippen molar-refractivity contribution in [3.63, 3.8) is 0 Å². The molecule has 3 rings (SSSR count). The van der Waals surface area contributed by atoms with Crippen LogP contribution in [0.3, 0.4) is 0 Å². The van der Waals surface area contributed by atoms with Crippen LogP contribution >= 0.6 is 0 Å². The third kappa shape index (κ3) is 2.91. The van der Waals surface area contributed by atoms with Crippen molar-refractivity contribution >= 4 is 16.7 Å². The molecule has 0 spiro atoms. The number of rotatable bonds is 4. The minimum absolute atomic E-state index is 0.139. The van der Waals surface area contributed by atoms with E-state index in [9.17, 15) is 9.59 Å². The Balaban J connectivity index is 1.69. The molecule has 0 unspecified atom stereocenters. The van der Waals surface area contributed by atoms with Gasteiger partial charge in [0.2, 0.25) is 0 Å².